The molecule has 0 aromatic carbocycles. The van der Waals surface area contributed by atoms with Gasteiger partial charge in [0.05, 0.1) is 13.1 Å². The fourth-order valence-electron chi connectivity index (χ4n) is 5.01. The third-order valence-electron chi connectivity index (χ3n) is 6.23. The molecule has 2 amide bonds. The van der Waals surface area contributed by atoms with Crippen LogP contribution < -0.4 is 0 Å². The smallest absolute Gasteiger partial charge is 0.254 e. The van der Waals surface area contributed by atoms with Crippen LogP contribution in [0.25, 0.3) is 0 Å². The molecule has 8 nitrogen and oxygen atoms in total. The molecule has 0 aliphatic carbocycles. The summed E-state index contributed by atoms with van der Waals surface area (Å²) in [5, 5.41) is 0. The van der Waals surface area contributed by atoms with Crippen molar-refractivity contribution in [2.45, 2.75) is 102 Å². The number of ether oxygens (including phenoxy) is 4. The van der Waals surface area contributed by atoms with E-state index in [1.807, 2.05) is 44.4 Å². The van der Waals surface area contributed by atoms with Crippen LogP contribution in [-0.4, -0.2) is 82.8 Å². The Bertz CT molecular complexity index is 665. The van der Waals surface area contributed by atoms with Crippen molar-refractivity contribution >= 4 is 11.8 Å². The highest BCUT2D eigenvalue weighted by molar-refractivity contribution is 5.85. The summed E-state index contributed by atoms with van der Waals surface area (Å²) in [5.74, 6) is -1.44. The normalized spacial score (nSPS) is 38.1. The van der Waals surface area contributed by atoms with Crippen molar-refractivity contribution in [3.63, 3.8) is 0 Å². The lowest BCUT2D eigenvalue weighted by Gasteiger charge is -2.34. The van der Waals surface area contributed by atoms with Crippen LogP contribution in [0.5, 0.6) is 0 Å². The Labute approximate surface area is 166 Å². The number of likely N-dealkylation sites (tertiary alicyclic amines) is 2. The average molecular weight is 396 g/mol. The summed E-state index contributed by atoms with van der Waals surface area (Å²) in [4.78, 5) is 29.4. The van der Waals surface area contributed by atoms with Crippen molar-refractivity contribution in [1.82, 2.24) is 9.80 Å². The minimum absolute atomic E-state index is 0.00680. The van der Waals surface area contributed by atoms with E-state index < -0.39 is 23.8 Å². The Morgan fingerprint density at radius 3 is 1.82 bits per heavy atom. The number of hydrogen-bond donors (Lipinski definition) is 0. The van der Waals surface area contributed by atoms with Crippen molar-refractivity contribution in [2.24, 2.45) is 0 Å². The number of nitrogens with zero attached hydrogens (tertiary/aromatic N) is 2. The van der Waals surface area contributed by atoms with Gasteiger partial charge in [-0.1, -0.05) is 6.92 Å². The topological polar surface area (TPSA) is 77.5 Å². The first-order chi connectivity index (χ1) is 13.0. The van der Waals surface area contributed by atoms with Crippen LogP contribution in [0.4, 0.5) is 0 Å². The van der Waals surface area contributed by atoms with E-state index in [0.29, 0.717) is 19.5 Å². The second-order valence-corrected chi connectivity index (χ2v) is 9.32. The first-order valence-corrected chi connectivity index (χ1v) is 10.3. The van der Waals surface area contributed by atoms with Crippen molar-refractivity contribution in [3.05, 3.63) is 0 Å². The summed E-state index contributed by atoms with van der Waals surface area (Å²) in [6.07, 6.45) is 0.0454. The lowest BCUT2D eigenvalue weighted by molar-refractivity contribution is -0.172. The highest BCUT2D eigenvalue weighted by Gasteiger charge is 2.55. The Balaban J connectivity index is 1.39. The SMILES string of the molecule is CCC(CC(C)N1C[C@@H]2OC(C)(C)O[C@@H]2C1=O)N1C[C@@H]2OC(C)(C)O[C@@H]2C1=O. The molecule has 0 saturated carbocycles. The Morgan fingerprint density at radius 2 is 1.36 bits per heavy atom. The molecule has 0 aromatic rings. The van der Waals surface area contributed by atoms with Gasteiger partial charge < -0.3 is 28.7 Å². The van der Waals surface area contributed by atoms with Gasteiger partial charge in [-0.15, -0.1) is 0 Å². The summed E-state index contributed by atoms with van der Waals surface area (Å²) in [5.41, 5.74) is 0. The molecule has 0 spiro atoms. The maximum Gasteiger partial charge on any atom is 0.254 e. The van der Waals surface area contributed by atoms with E-state index in [-0.39, 0.29) is 36.1 Å². The largest absolute Gasteiger partial charge is 0.342 e. The van der Waals surface area contributed by atoms with Crippen LogP contribution in [0.3, 0.4) is 0 Å². The first kappa shape index (κ1) is 20.1. The van der Waals surface area contributed by atoms with Crippen LogP contribution in [0, 0.1) is 0 Å². The molecule has 8 heteroatoms. The van der Waals surface area contributed by atoms with Gasteiger partial charge >= 0.3 is 0 Å². The first-order valence-electron chi connectivity index (χ1n) is 10.3. The summed E-state index contributed by atoms with van der Waals surface area (Å²) >= 11 is 0. The van der Waals surface area contributed by atoms with Gasteiger partial charge in [0.1, 0.15) is 12.2 Å². The Morgan fingerprint density at radius 1 is 0.893 bits per heavy atom. The molecule has 4 aliphatic rings. The molecule has 0 N–H and O–H groups in total. The molecule has 158 valence electrons. The standard InChI is InChI=1S/C20H32N2O6/c1-7-12(22-10-14-16(18(22)24)28-20(5,6)26-14)8-11(2)21-9-13-15(17(21)23)27-19(3,4)25-13/h11-16H,7-10H2,1-6H3/t11?,12?,13-,14-,15-,16-/m0/s1. The van der Waals surface area contributed by atoms with Crippen molar-refractivity contribution in [2.75, 3.05) is 13.1 Å². The third-order valence-corrected chi connectivity index (χ3v) is 6.23. The molecule has 28 heavy (non-hydrogen) atoms. The van der Waals surface area contributed by atoms with Gasteiger partial charge in [0, 0.05) is 12.1 Å². The van der Waals surface area contributed by atoms with Gasteiger partial charge in [-0.2, -0.15) is 0 Å². The second kappa shape index (κ2) is 6.65. The van der Waals surface area contributed by atoms with E-state index in [1.54, 1.807) is 0 Å². The van der Waals surface area contributed by atoms with E-state index in [1.165, 1.54) is 0 Å². The number of rotatable bonds is 5. The molecule has 4 heterocycles. The number of carbonyl (C=O) groups excluding carboxylic acids is 2. The Kier molecular flexibility index (Phi) is 4.77. The predicted molar refractivity (Wildman–Crippen MR) is 99.2 cm³/mol. The van der Waals surface area contributed by atoms with E-state index in [0.717, 1.165) is 6.42 Å². The molecule has 4 saturated heterocycles. The van der Waals surface area contributed by atoms with Crippen LogP contribution in [-0.2, 0) is 28.5 Å². The van der Waals surface area contributed by atoms with Crippen molar-refractivity contribution < 1.29 is 28.5 Å². The summed E-state index contributed by atoms with van der Waals surface area (Å²) in [7, 11) is 0. The minimum Gasteiger partial charge on any atom is -0.342 e. The van der Waals surface area contributed by atoms with Crippen LogP contribution >= 0.6 is 0 Å². The quantitative estimate of drug-likeness (QED) is 0.697. The maximum atomic E-state index is 12.9. The van der Waals surface area contributed by atoms with E-state index in [2.05, 4.69) is 6.92 Å². The van der Waals surface area contributed by atoms with Gasteiger partial charge in [0.2, 0.25) is 0 Å². The zero-order valence-corrected chi connectivity index (χ0v) is 17.6. The van der Waals surface area contributed by atoms with Crippen LogP contribution in [0.15, 0.2) is 0 Å². The average Bonchev–Trinajstić information content (AvgIpc) is 3.25. The zero-order valence-electron chi connectivity index (χ0n) is 17.6. The number of amides is 2. The molecule has 0 bridgehead atoms. The molecule has 4 rings (SSSR count). The minimum atomic E-state index is -0.709. The lowest BCUT2D eigenvalue weighted by atomic mass is 10.0. The fraction of sp³-hybridized carbons (Fsp3) is 0.900. The highest BCUT2D eigenvalue weighted by Crippen LogP contribution is 2.37. The molecule has 6 atom stereocenters. The number of fused-ring (bicyclic) bond motifs is 2. The molecular formula is C20H32N2O6. The predicted octanol–water partition coefficient (Wildman–Crippen LogP) is 1.27. The third kappa shape index (κ3) is 3.34. The maximum absolute atomic E-state index is 12.9. The van der Waals surface area contributed by atoms with Gasteiger partial charge in [-0.05, 0) is 47.5 Å². The van der Waals surface area contributed by atoms with Crippen molar-refractivity contribution in [1.29, 1.82) is 0 Å². The number of carbonyl (C=O) groups is 2. The van der Waals surface area contributed by atoms with Gasteiger partial charge in [0.25, 0.3) is 11.8 Å². The monoisotopic (exact) mass is 396 g/mol. The molecule has 4 aliphatic heterocycles. The second-order valence-electron chi connectivity index (χ2n) is 9.32. The van der Waals surface area contributed by atoms with Crippen molar-refractivity contribution in [3.8, 4) is 0 Å². The molecule has 0 radical (unpaired) electrons. The highest BCUT2D eigenvalue weighted by atomic mass is 16.8. The molecular weight excluding hydrogens is 364 g/mol. The van der Waals surface area contributed by atoms with Crippen LogP contribution in [0.1, 0.15) is 54.4 Å². The fourth-order valence-corrected chi connectivity index (χ4v) is 5.01. The van der Waals surface area contributed by atoms with Gasteiger partial charge in [-0.25, -0.2) is 0 Å². The summed E-state index contributed by atoms with van der Waals surface area (Å²) in [6.45, 7) is 12.5. The van der Waals surface area contributed by atoms with E-state index >= 15 is 0 Å². The molecule has 2 unspecified atom stereocenters. The molecule has 0 aromatic heterocycles. The summed E-state index contributed by atoms with van der Waals surface area (Å²) < 4.78 is 23.3. The lowest BCUT2D eigenvalue weighted by Crippen LogP contribution is -2.46. The van der Waals surface area contributed by atoms with Crippen LogP contribution in [0.2, 0.25) is 0 Å². The zero-order chi connectivity index (χ0) is 20.4. The Hall–Kier alpha value is -1.22. The van der Waals surface area contributed by atoms with Gasteiger partial charge in [-0.3, -0.25) is 9.59 Å². The van der Waals surface area contributed by atoms with Gasteiger partial charge in [0.15, 0.2) is 23.8 Å². The summed E-state index contributed by atoms with van der Waals surface area (Å²) in [6, 6.07) is 0.0276. The number of hydrogen-bond acceptors (Lipinski definition) is 6. The molecule has 4 fully saturated rings. The van der Waals surface area contributed by atoms with E-state index in [9.17, 15) is 9.59 Å². The van der Waals surface area contributed by atoms with E-state index in [4.69, 9.17) is 18.9 Å².